The minimum atomic E-state index is -0.544. The quantitative estimate of drug-likeness (QED) is 0.695. The van der Waals surface area contributed by atoms with E-state index in [2.05, 4.69) is 16.7 Å². The molecule has 1 atom stereocenters. The first-order valence-electron chi connectivity index (χ1n) is 9.03. The molecule has 1 saturated heterocycles. The van der Waals surface area contributed by atoms with Crippen molar-refractivity contribution in [2.24, 2.45) is 11.7 Å². The molecule has 0 spiro atoms. The molecule has 24 heavy (non-hydrogen) atoms. The number of nitrogens with one attached hydrogen (secondary N) is 2. The average Bonchev–Trinajstić information content (AvgIpc) is 3.09. The van der Waals surface area contributed by atoms with E-state index in [-0.39, 0.29) is 23.8 Å². The minimum Gasteiger partial charge on any atom is -0.364 e. The van der Waals surface area contributed by atoms with Crippen molar-refractivity contribution < 1.29 is 9.59 Å². The molecule has 1 radical (unpaired) electrons. The first-order valence-corrected chi connectivity index (χ1v) is 9.03. The van der Waals surface area contributed by atoms with Gasteiger partial charge >= 0.3 is 0 Å². The van der Waals surface area contributed by atoms with Crippen LogP contribution in [0.1, 0.15) is 44.9 Å². The number of allylic oxidation sites excluding steroid dienone is 2. The number of hydrogen-bond acceptors (Lipinski definition) is 4. The van der Waals surface area contributed by atoms with Gasteiger partial charge in [-0.2, -0.15) is 0 Å². The van der Waals surface area contributed by atoms with Crippen LogP contribution in [0.3, 0.4) is 0 Å². The Kier molecular flexibility index (Phi) is 5.56. The first kappa shape index (κ1) is 17.0. The zero-order chi connectivity index (χ0) is 16.9. The Bertz CT molecular complexity index is 531. The fourth-order valence-electron chi connectivity index (χ4n) is 4.00. The van der Waals surface area contributed by atoms with E-state index in [0.717, 1.165) is 38.8 Å². The number of nitrogens with zero attached hydrogens (tertiary/aromatic N) is 1. The van der Waals surface area contributed by atoms with Gasteiger partial charge < -0.3 is 21.3 Å². The summed E-state index contributed by atoms with van der Waals surface area (Å²) in [6, 6.07) is 0.189. The van der Waals surface area contributed by atoms with Gasteiger partial charge in [0.25, 0.3) is 5.91 Å². The number of amides is 2. The molecule has 0 aromatic heterocycles. The van der Waals surface area contributed by atoms with Crippen molar-refractivity contribution in [2.75, 3.05) is 13.1 Å². The van der Waals surface area contributed by atoms with Crippen LogP contribution in [-0.2, 0) is 9.59 Å². The molecule has 0 bridgehead atoms. The third-order valence-corrected chi connectivity index (χ3v) is 5.27. The van der Waals surface area contributed by atoms with Crippen molar-refractivity contribution in [1.29, 1.82) is 0 Å². The number of nitrogens with two attached hydrogens (primary N) is 1. The van der Waals surface area contributed by atoms with Gasteiger partial charge in [0.15, 0.2) is 0 Å². The Morgan fingerprint density at radius 3 is 2.58 bits per heavy atom. The van der Waals surface area contributed by atoms with Crippen molar-refractivity contribution in [3.05, 3.63) is 23.9 Å². The lowest BCUT2D eigenvalue weighted by Gasteiger charge is -2.41. The monoisotopic (exact) mass is 331 g/mol. The highest BCUT2D eigenvalue weighted by Crippen LogP contribution is 2.29. The first-order chi connectivity index (χ1) is 11.6. The normalized spacial score (nSPS) is 25.2. The number of dihydropyridines is 1. The predicted octanol–water partition coefficient (Wildman–Crippen LogP) is 0.805. The van der Waals surface area contributed by atoms with Gasteiger partial charge in [0, 0.05) is 18.5 Å². The number of primary amides is 1. The van der Waals surface area contributed by atoms with Crippen LogP contribution in [-0.4, -0.2) is 42.0 Å². The molecule has 3 aliphatic rings. The number of hydrogen-bond donors (Lipinski definition) is 3. The summed E-state index contributed by atoms with van der Waals surface area (Å²) in [6.45, 7) is 1.83. The number of carbonyl (C=O) groups excluding carboxylic acids is 2. The second-order valence-corrected chi connectivity index (χ2v) is 6.97. The van der Waals surface area contributed by atoms with E-state index in [0.29, 0.717) is 12.3 Å². The number of carbonyl (C=O) groups is 2. The van der Waals surface area contributed by atoms with Crippen molar-refractivity contribution >= 4 is 11.8 Å². The fourth-order valence-corrected chi connectivity index (χ4v) is 4.00. The Morgan fingerprint density at radius 1 is 1.21 bits per heavy atom. The van der Waals surface area contributed by atoms with Crippen molar-refractivity contribution in [3.8, 4) is 0 Å². The summed E-state index contributed by atoms with van der Waals surface area (Å²) in [5.41, 5.74) is 5.61. The van der Waals surface area contributed by atoms with Gasteiger partial charge in [0.1, 0.15) is 11.9 Å². The molecule has 4 N–H and O–H groups in total. The predicted molar refractivity (Wildman–Crippen MR) is 91.3 cm³/mol. The van der Waals surface area contributed by atoms with Crippen LogP contribution in [0, 0.1) is 12.0 Å². The maximum Gasteiger partial charge on any atom is 0.265 e. The highest BCUT2D eigenvalue weighted by atomic mass is 16.2. The van der Waals surface area contributed by atoms with E-state index < -0.39 is 5.91 Å². The lowest BCUT2D eigenvalue weighted by atomic mass is 9.99. The van der Waals surface area contributed by atoms with Crippen LogP contribution in [0.2, 0.25) is 0 Å². The minimum absolute atomic E-state index is 0.182. The Balaban J connectivity index is 1.74. The maximum atomic E-state index is 13.1. The smallest absolute Gasteiger partial charge is 0.265 e. The molecular formula is C18H27N4O2. The highest BCUT2D eigenvalue weighted by molar-refractivity contribution is 5.91. The topological polar surface area (TPSA) is 87.5 Å². The molecule has 0 aromatic rings. The van der Waals surface area contributed by atoms with Crippen LogP contribution in [0.5, 0.6) is 0 Å². The second-order valence-electron chi connectivity index (χ2n) is 6.97. The van der Waals surface area contributed by atoms with Crippen LogP contribution in [0.25, 0.3) is 0 Å². The molecule has 6 nitrogen and oxygen atoms in total. The number of piperidine rings is 1. The number of rotatable bonds is 5. The van der Waals surface area contributed by atoms with Crippen molar-refractivity contribution in [1.82, 2.24) is 15.5 Å². The highest BCUT2D eigenvalue weighted by Gasteiger charge is 2.33. The summed E-state index contributed by atoms with van der Waals surface area (Å²) in [5.74, 6) is 0.145. The third-order valence-electron chi connectivity index (χ3n) is 5.27. The summed E-state index contributed by atoms with van der Waals surface area (Å²) >= 11 is 0. The van der Waals surface area contributed by atoms with Crippen molar-refractivity contribution in [2.45, 2.75) is 57.2 Å². The van der Waals surface area contributed by atoms with E-state index in [1.54, 1.807) is 6.08 Å². The van der Waals surface area contributed by atoms with Crippen LogP contribution in [0.4, 0.5) is 0 Å². The van der Waals surface area contributed by atoms with Crippen LogP contribution in [0.15, 0.2) is 17.8 Å². The Labute approximate surface area is 143 Å². The Morgan fingerprint density at radius 2 is 1.92 bits per heavy atom. The van der Waals surface area contributed by atoms with Gasteiger partial charge in [-0.1, -0.05) is 18.9 Å². The second kappa shape index (κ2) is 7.83. The van der Waals surface area contributed by atoms with Crippen LogP contribution >= 0.6 is 0 Å². The summed E-state index contributed by atoms with van der Waals surface area (Å²) in [4.78, 5) is 26.5. The SMILES string of the molecule is NC(=O)C1=[C]C=CC(N(C(=O)CC2CCCC2)C2CCNCC2)N1. The fraction of sp³-hybridized carbons (Fsp3) is 0.667. The lowest BCUT2D eigenvalue weighted by Crippen LogP contribution is -2.56. The van der Waals surface area contributed by atoms with E-state index in [9.17, 15) is 9.59 Å². The van der Waals surface area contributed by atoms with Gasteiger partial charge in [0.05, 0.1) is 0 Å². The molecule has 1 unspecified atom stereocenters. The summed E-state index contributed by atoms with van der Waals surface area (Å²) < 4.78 is 0. The molecule has 6 heteroatoms. The molecule has 131 valence electrons. The third kappa shape index (κ3) is 3.98. The molecule has 2 amide bonds. The Hall–Kier alpha value is -1.82. The molecule has 0 aromatic carbocycles. The lowest BCUT2D eigenvalue weighted by molar-refractivity contribution is -0.137. The van der Waals surface area contributed by atoms with Crippen LogP contribution < -0.4 is 16.4 Å². The molecule has 2 heterocycles. The molecule has 2 fully saturated rings. The van der Waals surface area contributed by atoms with Gasteiger partial charge in [0.2, 0.25) is 5.91 Å². The van der Waals surface area contributed by atoms with E-state index in [1.165, 1.54) is 12.8 Å². The van der Waals surface area contributed by atoms with E-state index >= 15 is 0 Å². The molecule has 2 aliphatic heterocycles. The zero-order valence-electron chi connectivity index (χ0n) is 14.1. The van der Waals surface area contributed by atoms with Gasteiger partial charge in [-0.15, -0.1) is 0 Å². The van der Waals surface area contributed by atoms with Gasteiger partial charge in [-0.25, -0.2) is 0 Å². The zero-order valence-corrected chi connectivity index (χ0v) is 14.1. The molecular weight excluding hydrogens is 304 g/mol. The van der Waals surface area contributed by atoms with E-state index in [4.69, 9.17) is 5.73 Å². The summed E-state index contributed by atoms with van der Waals surface area (Å²) in [5, 5.41) is 6.43. The summed E-state index contributed by atoms with van der Waals surface area (Å²) in [7, 11) is 0. The van der Waals surface area contributed by atoms with Crippen molar-refractivity contribution in [3.63, 3.8) is 0 Å². The van der Waals surface area contributed by atoms with E-state index in [1.807, 2.05) is 11.0 Å². The maximum absolute atomic E-state index is 13.1. The average molecular weight is 331 g/mol. The molecule has 3 rings (SSSR count). The summed E-state index contributed by atoms with van der Waals surface area (Å²) in [6.07, 6.45) is 13.3. The largest absolute Gasteiger partial charge is 0.364 e. The molecule has 1 aliphatic carbocycles. The van der Waals surface area contributed by atoms with Gasteiger partial charge in [-0.05, 0) is 50.8 Å². The van der Waals surface area contributed by atoms with Gasteiger partial charge in [-0.3, -0.25) is 9.59 Å². The standard InChI is InChI=1S/C18H27N4O2/c19-18(24)15-6-3-7-16(21-15)22(14-8-10-20-11-9-14)17(23)12-13-4-1-2-5-13/h3,7,13-14,16,20-21H,1-2,4-5,8-12H2,(H2,19,24). The molecule has 1 saturated carbocycles.